The van der Waals surface area contributed by atoms with E-state index in [-0.39, 0.29) is 29.4 Å². The summed E-state index contributed by atoms with van der Waals surface area (Å²) in [7, 11) is 0. The van der Waals surface area contributed by atoms with Gasteiger partial charge in [0.15, 0.2) is 17.4 Å². The number of alkyl halides is 3. The van der Waals surface area contributed by atoms with E-state index in [1.165, 1.54) is 0 Å². The highest BCUT2D eigenvalue weighted by Crippen LogP contribution is 2.35. The van der Waals surface area contributed by atoms with Crippen molar-refractivity contribution in [3.63, 3.8) is 0 Å². The zero-order valence-electron chi connectivity index (χ0n) is 18.3. The predicted molar refractivity (Wildman–Crippen MR) is 115 cm³/mol. The van der Waals surface area contributed by atoms with Gasteiger partial charge in [0.2, 0.25) is 5.82 Å². The summed E-state index contributed by atoms with van der Waals surface area (Å²) in [5.74, 6) is -4.64. The van der Waals surface area contributed by atoms with Crippen molar-refractivity contribution in [2.75, 3.05) is 5.32 Å². The van der Waals surface area contributed by atoms with Crippen molar-refractivity contribution >= 4 is 5.69 Å². The van der Waals surface area contributed by atoms with Crippen molar-refractivity contribution in [1.82, 2.24) is 10.1 Å². The van der Waals surface area contributed by atoms with Gasteiger partial charge in [0.1, 0.15) is 5.82 Å². The number of aromatic nitrogens is 2. The van der Waals surface area contributed by atoms with E-state index >= 15 is 0 Å². The molecule has 11 heteroatoms. The second kappa shape index (κ2) is 8.97. The number of hydrogen-bond acceptors (Lipinski definition) is 5. The molecule has 0 unspecified atom stereocenters. The van der Waals surface area contributed by atoms with Crippen LogP contribution in [0.1, 0.15) is 22.3 Å². The number of anilines is 1. The first kappa shape index (κ1) is 24.1. The lowest BCUT2D eigenvalue weighted by Gasteiger charge is -2.17. The van der Waals surface area contributed by atoms with Gasteiger partial charge in [-0.05, 0) is 54.8 Å². The van der Waals surface area contributed by atoms with Gasteiger partial charge in [-0.25, -0.2) is 13.2 Å². The summed E-state index contributed by atoms with van der Waals surface area (Å²) in [5, 5.41) is 16.1. The molecule has 2 N–H and O–H groups in total. The maximum Gasteiger partial charge on any atom is 0.416 e. The molecule has 3 aromatic carbocycles. The first-order valence-corrected chi connectivity index (χ1v) is 10.2. The van der Waals surface area contributed by atoms with Crippen molar-refractivity contribution in [3.8, 4) is 28.6 Å². The van der Waals surface area contributed by atoms with E-state index in [1.807, 2.05) is 0 Å². The molecule has 0 atom stereocenters. The molecule has 0 saturated carbocycles. The zero-order chi connectivity index (χ0) is 25.5. The van der Waals surface area contributed by atoms with Crippen molar-refractivity contribution in [1.29, 1.82) is 0 Å². The molecule has 0 fully saturated rings. The third kappa shape index (κ3) is 4.79. The maximum atomic E-state index is 13.7. The summed E-state index contributed by atoms with van der Waals surface area (Å²) in [5.41, 5.74) is 0.963. The molecule has 35 heavy (non-hydrogen) atoms. The van der Waals surface area contributed by atoms with Crippen molar-refractivity contribution < 1.29 is 36.0 Å². The maximum absolute atomic E-state index is 13.7. The summed E-state index contributed by atoms with van der Waals surface area (Å²) >= 11 is 0. The molecular formula is C24H17F6N3O2. The highest BCUT2D eigenvalue weighted by Gasteiger charge is 2.33. The number of aryl methyl sites for hydroxylation is 1. The van der Waals surface area contributed by atoms with E-state index in [1.54, 1.807) is 26.0 Å². The molecule has 0 aliphatic heterocycles. The van der Waals surface area contributed by atoms with Gasteiger partial charge < -0.3 is 14.9 Å². The quantitative estimate of drug-likeness (QED) is 0.300. The molecule has 0 aliphatic rings. The van der Waals surface area contributed by atoms with Crippen LogP contribution in [-0.4, -0.2) is 15.2 Å². The number of halogens is 6. The van der Waals surface area contributed by atoms with E-state index in [0.717, 1.165) is 24.3 Å². The lowest BCUT2D eigenvalue weighted by Crippen LogP contribution is -2.13. The van der Waals surface area contributed by atoms with E-state index in [2.05, 4.69) is 15.5 Å². The van der Waals surface area contributed by atoms with Gasteiger partial charge in [-0.15, -0.1) is 0 Å². The third-order valence-corrected chi connectivity index (χ3v) is 5.44. The Morgan fingerprint density at radius 3 is 2.31 bits per heavy atom. The Morgan fingerprint density at radius 1 is 0.971 bits per heavy atom. The molecule has 0 bridgehead atoms. The molecule has 1 heterocycles. The molecule has 5 nitrogen and oxygen atoms in total. The van der Waals surface area contributed by atoms with Crippen LogP contribution in [0.3, 0.4) is 0 Å². The van der Waals surface area contributed by atoms with Gasteiger partial charge in [0.25, 0.3) is 5.89 Å². The van der Waals surface area contributed by atoms with E-state index in [4.69, 9.17) is 4.52 Å². The first-order valence-electron chi connectivity index (χ1n) is 10.2. The SMILES string of the molecule is Cc1ccc(-c2noc(-c3cc(F)c(O)c(F)c3)n2)c(C)c1NCc1ccc(F)cc1C(F)(F)F. The smallest absolute Gasteiger partial charge is 0.416 e. The molecule has 4 aromatic rings. The van der Waals surface area contributed by atoms with Gasteiger partial charge in [-0.2, -0.15) is 18.2 Å². The topological polar surface area (TPSA) is 71.2 Å². The Balaban J connectivity index is 1.65. The normalized spacial score (nSPS) is 11.7. The molecular weight excluding hydrogens is 476 g/mol. The lowest BCUT2D eigenvalue weighted by atomic mass is 10.0. The van der Waals surface area contributed by atoms with Crippen LogP contribution in [0.2, 0.25) is 0 Å². The highest BCUT2D eigenvalue weighted by molar-refractivity contribution is 5.72. The Bertz CT molecular complexity index is 1390. The number of rotatable bonds is 5. The second-order valence-corrected chi connectivity index (χ2v) is 7.79. The van der Waals surface area contributed by atoms with Crippen LogP contribution >= 0.6 is 0 Å². The number of nitrogens with one attached hydrogen (secondary N) is 1. The van der Waals surface area contributed by atoms with Crippen LogP contribution in [-0.2, 0) is 12.7 Å². The number of benzene rings is 3. The molecule has 0 spiro atoms. The number of hydrogen-bond donors (Lipinski definition) is 2. The third-order valence-electron chi connectivity index (χ3n) is 5.44. The number of aromatic hydroxyl groups is 1. The number of phenolic OH excluding ortho intramolecular Hbond substituents is 1. The molecule has 0 aliphatic carbocycles. The lowest BCUT2D eigenvalue weighted by molar-refractivity contribution is -0.138. The number of phenols is 1. The van der Waals surface area contributed by atoms with E-state index in [9.17, 15) is 31.4 Å². The summed E-state index contributed by atoms with van der Waals surface area (Å²) in [6, 6.07) is 7.51. The summed E-state index contributed by atoms with van der Waals surface area (Å²) in [4.78, 5) is 4.16. The Kier molecular flexibility index (Phi) is 6.18. The van der Waals surface area contributed by atoms with Crippen LogP contribution in [0.15, 0.2) is 47.0 Å². The van der Waals surface area contributed by atoms with E-state index in [0.29, 0.717) is 28.4 Å². The fraction of sp³-hybridized carbons (Fsp3) is 0.167. The van der Waals surface area contributed by atoms with Gasteiger partial charge in [0.05, 0.1) is 5.56 Å². The minimum Gasteiger partial charge on any atom is -0.503 e. The average molecular weight is 493 g/mol. The van der Waals surface area contributed by atoms with Crippen LogP contribution in [0.4, 0.5) is 32.0 Å². The summed E-state index contributed by atoms with van der Waals surface area (Å²) in [6.07, 6.45) is -4.72. The van der Waals surface area contributed by atoms with E-state index < -0.39 is 34.9 Å². The van der Waals surface area contributed by atoms with Crippen LogP contribution < -0.4 is 5.32 Å². The standard InChI is InChI=1S/C24H17F6N3O2/c1-11-3-6-16(22-32-23(35-33-22)14-7-18(26)21(34)19(27)8-14)12(2)20(11)31-10-13-4-5-15(25)9-17(13)24(28,29)30/h3-9,31,34H,10H2,1-2H3. The predicted octanol–water partition coefficient (Wildman–Crippen LogP) is 6.77. The largest absolute Gasteiger partial charge is 0.503 e. The highest BCUT2D eigenvalue weighted by atomic mass is 19.4. The van der Waals surface area contributed by atoms with Crippen LogP contribution in [0, 0.1) is 31.3 Å². The van der Waals surface area contributed by atoms with Crippen molar-refractivity contribution in [2.24, 2.45) is 0 Å². The molecule has 4 rings (SSSR count). The van der Waals surface area contributed by atoms with Crippen molar-refractivity contribution in [3.05, 3.63) is 82.2 Å². The molecule has 0 amide bonds. The zero-order valence-corrected chi connectivity index (χ0v) is 18.3. The first-order chi connectivity index (χ1) is 16.5. The Labute approximate surface area is 195 Å². The van der Waals surface area contributed by atoms with Gasteiger partial charge in [-0.3, -0.25) is 0 Å². The summed E-state index contributed by atoms with van der Waals surface area (Å²) in [6.45, 7) is 3.21. The van der Waals surface area contributed by atoms with Crippen LogP contribution in [0.25, 0.3) is 22.8 Å². The van der Waals surface area contributed by atoms with Gasteiger partial charge in [0, 0.05) is 23.4 Å². The average Bonchev–Trinajstić information content (AvgIpc) is 3.27. The number of nitrogens with zero attached hydrogens (tertiary/aromatic N) is 2. The minimum absolute atomic E-state index is 0.0761. The Hall–Kier alpha value is -4.02. The van der Waals surface area contributed by atoms with Gasteiger partial charge in [-0.1, -0.05) is 23.4 Å². The molecule has 1 aromatic heterocycles. The van der Waals surface area contributed by atoms with Crippen molar-refractivity contribution in [2.45, 2.75) is 26.6 Å². The summed E-state index contributed by atoms with van der Waals surface area (Å²) < 4.78 is 85.9. The minimum atomic E-state index is -4.72. The molecule has 0 saturated heterocycles. The monoisotopic (exact) mass is 493 g/mol. The fourth-order valence-electron chi connectivity index (χ4n) is 3.65. The molecule has 0 radical (unpaired) electrons. The second-order valence-electron chi connectivity index (χ2n) is 7.79. The molecule has 182 valence electrons. The van der Waals surface area contributed by atoms with Crippen LogP contribution in [0.5, 0.6) is 5.75 Å². The Morgan fingerprint density at radius 2 is 1.66 bits per heavy atom. The fourth-order valence-corrected chi connectivity index (χ4v) is 3.65. The van der Waals surface area contributed by atoms with Gasteiger partial charge >= 0.3 is 6.18 Å².